The number of methoxy groups -OCH3 is 1. The summed E-state index contributed by atoms with van der Waals surface area (Å²) in [5.41, 5.74) is 0.373. The van der Waals surface area contributed by atoms with Crippen LogP contribution in [-0.2, 0) is 4.79 Å². The summed E-state index contributed by atoms with van der Waals surface area (Å²) in [5.74, 6) is -0.325. The summed E-state index contributed by atoms with van der Waals surface area (Å²) in [6.45, 7) is 3.02. The van der Waals surface area contributed by atoms with Crippen LogP contribution in [0.5, 0.6) is 11.5 Å². The maximum Gasteiger partial charge on any atom is 0.305 e. The van der Waals surface area contributed by atoms with Crippen molar-refractivity contribution in [3.05, 3.63) is 22.7 Å². The molecule has 0 aliphatic carbocycles. The lowest BCUT2D eigenvalue weighted by atomic mass is 10.1. The molecule has 1 aliphatic rings. The van der Waals surface area contributed by atoms with E-state index in [4.69, 9.17) is 26.2 Å². The number of likely N-dealkylation sites (tertiary alicyclic amines) is 1. The second kappa shape index (κ2) is 8.24. The minimum absolute atomic E-state index is 0.0473. The normalized spacial score (nSPS) is 17.0. The zero-order valence-corrected chi connectivity index (χ0v) is 14.6. The number of benzene rings is 1. The second-order valence-electron chi connectivity index (χ2n) is 5.73. The predicted molar refractivity (Wildman–Crippen MR) is 90.1 cm³/mol. The maximum atomic E-state index is 12.8. The number of hydrogen-bond acceptors (Lipinski definition) is 4. The Morgan fingerprint density at radius 2 is 2.17 bits per heavy atom. The second-order valence-corrected chi connectivity index (χ2v) is 6.14. The summed E-state index contributed by atoms with van der Waals surface area (Å²) >= 11 is 6.25. The molecule has 1 N–H and O–H groups in total. The summed E-state index contributed by atoms with van der Waals surface area (Å²) in [6.07, 6.45) is 2.27. The molecular formula is C17H22ClNO5. The Bertz CT molecular complexity index is 619. The fourth-order valence-electron chi connectivity index (χ4n) is 2.87. The number of carbonyl (C=O) groups excluding carboxylic acids is 1. The molecule has 24 heavy (non-hydrogen) atoms. The quantitative estimate of drug-likeness (QED) is 0.812. The third-order valence-electron chi connectivity index (χ3n) is 3.98. The van der Waals surface area contributed by atoms with Gasteiger partial charge in [0.15, 0.2) is 11.5 Å². The van der Waals surface area contributed by atoms with Crippen LogP contribution in [0.3, 0.4) is 0 Å². The lowest BCUT2D eigenvalue weighted by Crippen LogP contribution is -2.36. The number of hydrogen-bond donors (Lipinski definition) is 1. The molecule has 0 saturated carbocycles. The van der Waals surface area contributed by atoms with Crippen LogP contribution >= 0.6 is 11.6 Å². The molecular weight excluding hydrogens is 334 g/mol. The SMILES string of the molecule is CCCOc1c(Cl)cc(C(=O)N2CCCC2CC(=O)O)cc1OC. The van der Waals surface area contributed by atoms with E-state index in [1.54, 1.807) is 17.0 Å². The molecule has 1 aromatic carbocycles. The van der Waals surface area contributed by atoms with E-state index in [1.165, 1.54) is 7.11 Å². The summed E-state index contributed by atoms with van der Waals surface area (Å²) in [6, 6.07) is 2.86. The van der Waals surface area contributed by atoms with E-state index in [0.29, 0.717) is 41.7 Å². The molecule has 0 bridgehead atoms. The highest BCUT2D eigenvalue weighted by molar-refractivity contribution is 6.32. The number of nitrogens with zero attached hydrogens (tertiary/aromatic N) is 1. The molecule has 1 amide bonds. The smallest absolute Gasteiger partial charge is 0.305 e. The van der Waals surface area contributed by atoms with Gasteiger partial charge < -0.3 is 19.5 Å². The Morgan fingerprint density at radius 3 is 2.79 bits per heavy atom. The Labute approximate surface area is 146 Å². The molecule has 6 nitrogen and oxygen atoms in total. The van der Waals surface area contributed by atoms with E-state index in [2.05, 4.69) is 0 Å². The Morgan fingerprint density at radius 1 is 1.42 bits per heavy atom. The molecule has 132 valence electrons. The Hall–Kier alpha value is -1.95. The van der Waals surface area contributed by atoms with Gasteiger partial charge in [-0.1, -0.05) is 18.5 Å². The zero-order chi connectivity index (χ0) is 17.7. The Kier molecular flexibility index (Phi) is 6.31. The van der Waals surface area contributed by atoms with E-state index >= 15 is 0 Å². The average molecular weight is 356 g/mol. The van der Waals surface area contributed by atoms with Crippen LogP contribution < -0.4 is 9.47 Å². The minimum atomic E-state index is -0.904. The van der Waals surface area contributed by atoms with Crippen LogP contribution in [-0.4, -0.2) is 48.2 Å². The monoisotopic (exact) mass is 355 g/mol. The van der Waals surface area contributed by atoms with Gasteiger partial charge in [-0.2, -0.15) is 0 Å². The fourth-order valence-corrected chi connectivity index (χ4v) is 3.14. The van der Waals surface area contributed by atoms with Crippen LogP contribution in [0.25, 0.3) is 0 Å². The van der Waals surface area contributed by atoms with Gasteiger partial charge in [0.1, 0.15) is 0 Å². The van der Waals surface area contributed by atoms with Gasteiger partial charge in [0, 0.05) is 18.2 Å². The summed E-state index contributed by atoms with van der Waals surface area (Å²) in [7, 11) is 1.49. The Balaban J connectivity index is 2.26. The third kappa shape index (κ3) is 4.12. The van der Waals surface area contributed by atoms with Crippen molar-refractivity contribution in [2.45, 2.75) is 38.6 Å². The molecule has 7 heteroatoms. The minimum Gasteiger partial charge on any atom is -0.493 e. The van der Waals surface area contributed by atoms with Crippen molar-refractivity contribution in [2.24, 2.45) is 0 Å². The first-order chi connectivity index (χ1) is 11.5. The highest BCUT2D eigenvalue weighted by atomic mass is 35.5. The molecule has 1 fully saturated rings. The molecule has 1 aliphatic heterocycles. The first-order valence-electron chi connectivity index (χ1n) is 8.01. The largest absolute Gasteiger partial charge is 0.493 e. The molecule has 1 aromatic rings. The van der Waals surface area contributed by atoms with Gasteiger partial charge in [-0.25, -0.2) is 0 Å². The maximum absolute atomic E-state index is 12.8. The topological polar surface area (TPSA) is 76.1 Å². The van der Waals surface area contributed by atoms with Crippen molar-refractivity contribution in [3.8, 4) is 11.5 Å². The average Bonchev–Trinajstić information content (AvgIpc) is 2.99. The van der Waals surface area contributed by atoms with Gasteiger partial charge in [0.25, 0.3) is 5.91 Å². The van der Waals surface area contributed by atoms with E-state index in [1.807, 2.05) is 6.92 Å². The van der Waals surface area contributed by atoms with Gasteiger partial charge in [-0.15, -0.1) is 0 Å². The lowest BCUT2D eigenvalue weighted by molar-refractivity contribution is -0.137. The van der Waals surface area contributed by atoms with Gasteiger partial charge >= 0.3 is 5.97 Å². The van der Waals surface area contributed by atoms with Crippen molar-refractivity contribution < 1.29 is 24.2 Å². The highest BCUT2D eigenvalue weighted by Crippen LogP contribution is 2.37. The van der Waals surface area contributed by atoms with Crippen LogP contribution in [0, 0.1) is 0 Å². The first kappa shape index (κ1) is 18.4. The van der Waals surface area contributed by atoms with E-state index < -0.39 is 5.97 Å². The zero-order valence-electron chi connectivity index (χ0n) is 13.9. The van der Waals surface area contributed by atoms with Gasteiger partial charge in [0.05, 0.1) is 25.2 Å². The lowest BCUT2D eigenvalue weighted by Gasteiger charge is -2.24. The number of halogens is 1. The molecule has 0 radical (unpaired) electrons. The van der Waals surface area contributed by atoms with Crippen molar-refractivity contribution in [1.29, 1.82) is 0 Å². The van der Waals surface area contributed by atoms with Gasteiger partial charge in [-0.05, 0) is 31.4 Å². The van der Waals surface area contributed by atoms with Gasteiger partial charge in [0.2, 0.25) is 0 Å². The third-order valence-corrected chi connectivity index (χ3v) is 4.26. The summed E-state index contributed by atoms with van der Waals surface area (Å²) in [4.78, 5) is 25.3. The van der Waals surface area contributed by atoms with Gasteiger partial charge in [-0.3, -0.25) is 9.59 Å². The molecule has 0 aromatic heterocycles. The van der Waals surface area contributed by atoms with Crippen LogP contribution in [0.2, 0.25) is 5.02 Å². The number of rotatable bonds is 7. The molecule has 2 rings (SSSR count). The van der Waals surface area contributed by atoms with Crippen molar-refractivity contribution >= 4 is 23.5 Å². The van der Waals surface area contributed by atoms with E-state index in [9.17, 15) is 9.59 Å². The standard InChI is InChI=1S/C17H22ClNO5/c1-3-7-24-16-13(18)8-11(9-14(16)23-2)17(22)19-6-4-5-12(19)10-15(20)21/h8-9,12H,3-7,10H2,1-2H3,(H,20,21). The number of aliphatic carboxylic acids is 1. The highest BCUT2D eigenvalue weighted by Gasteiger charge is 2.31. The fraction of sp³-hybridized carbons (Fsp3) is 0.529. The molecule has 1 heterocycles. The van der Waals surface area contributed by atoms with Crippen molar-refractivity contribution in [1.82, 2.24) is 4.90 Å². The number of carbonyl (C=O) groups is 2. The predicted octanol–water partition coefficient (Wildman–Crippen LogP) is 3.22. The van der Waals surface area contributed by atoms with Crippen LogP contribution in [0.1, 0.15) is 43.0 Å². The molecule has 1 atom stereocenters. The molecule has 1 saturated heterocycles. The summed E-state index contributed by atoms with van der Waals surface area (Å²) < 4.78 is 10.9. The van der Waals surface area contributed by atoms with Crippen molar-refractivity contribution in [3.63, 3.8) is 0 Å². The number of ether oxygens (including phenoxy) is 2. The van der Waals surface area contributed by atoms with Crippen molar-refractivity contribution in [2.75, 3.05) is 20.3 Å². The first-order valence-corrected chi connectivity index (χ1v) is 8.38. The summed E-state index contributed by atoms with van der Waals surface area (Å²) in [5, 5.41) is 9.30. The molecule has 0 spiro atoms. The number of carboxylic acid groups (broad SMARTS) is 1. The molecule has 1 unspecified atom stereocenters. The van der Waals surface area contributed by atoms with E-state index in [0.717, 1.165) is 12.8 Å². The van der Waals surface area contributed by atoms with E-state index in [-0.39, 0.29) is 18.4 Å². The number of carboxylic acids is 1. The van der Waals surface area contributed by atoms with Crippen LogP contribution in [0.4, 0.5) is 0 Å². The van der Waals surface area contributed by atoms with Crippen LogP contribution in [0.15, 0.2) is 12.1 Å². The number of amides is 1.